The molecule has 1 saturated heterocycles. The van der Waals surface area contributed by atoms with Gasteiger partial charge in [0.2, 0.25) is 0 Å². The number of amides is 1. The first kappa shape index (κ1) is 28.3. The average Bonchev–Trinajstić information content (AvgIpc) is 3.34. The summed E-state index contributed by atoms with van der Waals surface area (Å²) in [5.41, 5.74) is 3.95. The van der Waals surface area contributed by atoms with Crippen molar-refractivity contribution in [3.8, 4) is 11.1 Å². The quantitative estimate of drug-likeness (QED) is 0.383. The van der Waals surface area contributed by atoms with E-state index in [2.05, 4.69) is 26.7 Å². The SMILES string of the molecule is COC(=O)c1ccncc1Cc1c(-c2ccccc2)cnn1C1CCCN(CCN(C)C(=O)OC(C)(C)C)C1. The van der Waals surface area contributed by atoms with Gasteiger partial charge in [0, 0.05) is 51.1 Å². The van der Waals surface area contributed by atoms with Crippen molar-refractivity contribution in [2.24, 2.45) is 0 Å². The molecule has 9 nitrogen and oxygen atoms in total. The van der Waals surface area contributed by atoms with Crippen LogP contribution in [0.4, 0.5) is 4.79 Å². The van der Waals surface area contributed by atoms with Crippen molar-refractivity contribution in [1.29, 1.82) is 0 Å². The zero-order valence-corrected chi connectivity index (χ0v) is 23.6. The monoisotopic (exact) mass is 533 g/mol. The van der Waals surface area contributed by atoms with Crippen LogP contribution in [0.5, 0.6) is 0 Å². The van der Waals surface area contributed by atoms with Crippen molar-refractivity contribution in [2.75, 3.05) is 40.3 Å². The lowest BCUT2D eigenvalue weighted by Gasteiger charge is -2.34. The Morgan fingerprint density at radius 1 is 1.13 bits per heavy atom. The number of rotatable bonds is 8. The van der Waals surface area contributed by atoms with Crippen LogP contribution >= 0.6 is 0 Å². The number of methoxy groups -OCH3 is 1. The molecule has 0 radical (unpaired) electrons. The lowest BCUT2D eigenvalue weighted by molar-refractivity contribution is 0.0274. The molecule has 39 heavy (non-hydrogen) atoms. The van der Waals surface area contributed by atoms with Gasteiger partial charge in [0.15, 0.2) is 0 Å². The highest BCUT2D eigenvalue weighted by molar-refractivity contribution is 5.91. The molecule has 208 valence electrons. The van der Waals surface area contributed by atoms with Crippen molar-refractivity contribution in [1.82, 2.24) is 24.6 Å². The molecule has 3 heterocycles. The van der Waals surface area contributed by atoms with Crippen molar-refractivity contribution >= 4 is 12.1 Å². The number of carbonyl (C=O) groups excluding carboxylic acids is 2. The first-order valence-electron chi connectivity index (χ1n) is 13.5. The van der Waals surface area contributed by atoms with E-state index >= 15 is 0 Å². The van der Waals surface area contributed by atoms with E-state index in [4.69, 9.17) is 14.6 Å². The van der Waals surface area contributed by atoms with Crippen molar-refractivity contribution in [3.05, 3.63) is 71.8 Å². The van der Waals surface area contributed by atoms with Crippen LogP contribution in [-0.4, -0.2) is 82.6 Å². The minimum Gasteiger partial charge on any atom is -0.465 e. The number of hydrogen-bond donors (Lipinski definition) is 0. The molecular weight excluding hydrogens is 494 g/mol. The number of aromatic nitrogens is 3. The number of benzene rings is 1. The maximum Gasteiger partial charge on any atom is 0.410 e. The van der Waals surface area contributed by atoms with Crippen LogP contribution in [0.1, 0.15) is 61.3 Å². The van der Waals surface area contributed by atoms with Crippen LogP contribution in [0.3, 0.4) is 0 Å². The van der Waals surface area contributed by atoms with E-state index in [-0.39, 0.29) is 18.1 Å². The Balaban J connectivity index is 1.56. The van der Waals surface area contributed by atoms with E-state index in [0.717, 1.165) is 54.9 Å². The third-order valence-corrected chi connectivity index (χ3v) is 6.93. The van der Waals surface area contributed by atoms with Crippen LogP contribution in [0.15, 0.2) is 55.0 Å². The Morgan fingerprint density at radius 2 is 1.90 bits per heavy atom. The molecule has 1 aliphatic heterocycles. The molecule has 1 fully saturated rings. The molecule has 0 aliphatic carbocycles. The molecule has 1 atom stereocenters. The summed E-state index contributed by atoms with van der Waals surface area (Å²) in [4.78, 5) is 33.2. The zero-order chi connectivity index (χ0) is 28.0. The number of likely N-dealkylation sites (N-methyl/N-ethyl adjacent to an activating group) is 1. The van der Waals surface area contributed by atoms with Gasteiger partial charge >= 0.3 is 12.1 Å². The summed E-state index contributed by atoms with van der Waals surface area (Å²) < 4.78 is 12.7. The van der Waals surface area contributed by atoms with Gasteiger partial charge < -0.3 is 14.4 Å². The average molecular weight is 534 g/mol. The highest BCUT2D eigenvalue weighted by atomic mass is 16.6. The van der Waals surface area contributed by atoms with Gasteiger partial charge in [-0.25, -0.2) is 9.59 Å². The summed E-state index contributed by atoms with van der Waals surface area (Å²) in [7, 11) is 3.17. The molecule has 0 saturated carbocycles. The van der Waals surface area contributed by atoms with E-state index in [9.17, 15) is 9.59 Å². The second-order valence-electron chi connectivity index (χ2n) is 11.0. The predicted octanol–water partition coefficient (Wildman–Crippen LogP) is 4.83. The summed E-state index contributed by atoms with van der Waals surface area (Å²) in [6, 6.07) is 12.1. The number of likely N-dealkylation sites (tertiary alicyclic amines) is 1. The van der Waals surface area contributed by atoms with Gasteiger partial charge in [-0.15, -0.1) is 0 Å². The Kier molecular flexibility index (Phi) is 9.01. The van der Waals surface area contributed by atoms with Gasteiger partial charge in [-0.3, -0.25) is 14.6 Å². The van der Waals surface area contributed by atoms with Gasteiger partial charge in [0.05, 0.1) is 30.6 Å². The van der Waals surface area contributed by atoms with Gasteiger partial charge in [0.25, 0.3) is 0 Å². The normalized spacial score (nSPS) is 16.1. The maximum atomic E-state index is 12.5. The summed E-state index contributed by atoms with van der Waals surface area (Å²) in [5.74, 6) is -0.377. The highest BCUT2D eigenvalue weighted by Crippen LogP contribution is 2.31. The second-order valence-corrected chi connectivity index (χ2v) is 11.0. The molecule has 1 aromatic carbocycles. The number of hydrogen-bond acceptors (Lipinski definition) is 7. The Labute approximate surface area is 230 Å². The summed E-state index contributed by atoms with van der Waals surface area (Å²) in [5, 5.41) is 4.87. The molecule has 2 aromatic heterocycles. The minimum atomic E-state index is -0.517. The third kappa shape index (κ3) is 7.23. The van der Waals surface area contributed by atoms with E-state index in [1.807, 2.05) is 45.2 Å². The molecule has 9 heteroatoms. The van der Waals surface area contributed by atoms with Crippen LogP contribution in [0, 0.1) is 0 Å². The van der Waals surface area contributed by atoms with Gasteiger partial charge in [-0.05, 0) is 57.4 Å². The Bertz CT molecular complexity index is 1270. The van der Waals surface area contributed by atoms with Crippen LogP contribution in [0.25, 0.3) is 11.1 Å². The van der Waals surface area contributed by atoms with E-state index in [1.165, 1.54) is 7.11 Å². The molecule has 3 aromatic rings. The smallest absolute Gasteiger partial charge is 0.410 e. The van der Waals surface area contributed by atoms with Crippen molar-refractivity contribution in [3.63, 3.8) is 0 Å². The first-order valence-corrected chi connectivity index (χ1v) is 13.5. The predicted molar refractivity (Wildman–Crippen MR) is 150 cm³/mol. The van der Waals surface area contributed by atoms with Crippen LogP contribution < -0.4 is 0 Å². The zero-order valence-electron chi connectivity index (χ0n) is 23.6. The highest BCUT2D eigenvalue weighted by Gasteiger charge is 2.27. The standard InChI is InChI=1S/C30H39N5O4/c1-30(2,3)39-29(37)33(4)16-17-34-15-9-12-24(21-34)35-27(26(20-32-35)22-10-7-6-8-11-22)18-23-19-31-14-13-25(23)28(36)38-5/h6-8,10-11,13-14,19-20,24H,9,12,15-18,21H2,1-5H3. The van der Waals surface area contributed by atoms with E-state index < -0.39 is 5.60 Å². The fraction of sp³-hybridized carbons (Fsp3) is 0.467. The third-order valence-electron chi connectivity index (χ3n) is 6.93. The van der Waals surface area contributed by atoms with Crippen molar-refractivity contribution < 1.29 is 19.1 Å². The molecular formula is C30H39N5O4. The molecule has 0 bridgehead atoms. The number of esters is 1. The second kappa shape index (κ2) is 12.4. The molecule has 1 aliphatic rings. The van der Waals surface area contributed by atoms with E-state index in [1.54, 1.807) is 30.4 Å². The lowest BCUT2D eigenvalue weighted by atomic mass is 9.98. The molecule has 1 unspecified atom stereocenters. The summed E-state index contributed by atoms with van der Waals surface area (Å²) in [6.45, 7) is 8.75. The molecule has 4 rings (SSSR count). The van der Waals surface area contributed by atoms with Gasteiger partial charge in [-0.2, -0.15) is 5.10 Å². The topological polar surface area (TPSA) is 89.8 Å². The number of piperidine rings is 1. The number of pyridine rings is 1. The van der Waals surface area contributed by atoms with Gasteiger partial charge in [-0.1, -0.05) is 30.3 Å². The van der Waals surface area contributed by atoms with Crippen LogP contribution in [0.2, 0.25) is 0 Å². The molecule has 1 amide bonds. The number of nitrogens with zero attached hydrogens (tertiary/aromatic N) is 5. The fourth-order valence-corrected chi connectivity index (χ4v) is 4.95. The number of carbonyl (C=O) groups is 2. The fourth-order valence-electron chi connectivity index (χ4n) is 4.95. The Hall–Kier alpha value is -3.72. The first-order chi connectivity index (χ1) is 18.7. The van der Waals surface area contributed by atoms with Gasteiger partial charge in [0.1, 0.15) is 5.60 Å². The van der Waals surface area contributed by atoms with E-state index in [0.29, 0.717) is 18.5 Å². The Morgan fingerprint density at radius 3 is 2.62 bits per heavy atom. The summed E-state index contributed by atoms with van der Waals surface area (Å²) in [6.07, 6.45) is 7.49. The van der Waals surface area contributed by atoms with Crippen LogP contribution in [-0.2, 0) is 15.9 Å². The minimum absolute atomic E-state index is 0.163. The number of ether oxygens (including phenoxy) is 2. The molecule has 0 N–H and O–H groups in total. The molecule has 0 spiro atoms. The largest absolute Gasteiger partial charge is 0.465 e. The van der Waals surface area contributed by atoms with Crippen molar-refractivity contribution in [2.45, 2.75) is 51.7 Å². The summed E-state index contributed by atoms with van der Waals surface area (Å²) >= 11 is 0. The maximum absolute atomic E-state index is 12.5. The lowest BCUT2D eigenvalue weighted by Crippen LogP contribution is -2.43.